The number of rotatable bonds is 5. The predicted molar refractivity (Wildman–Crippen MR) is 102 cm³/mol. The van der Waals surface area contributed by atoms with E-state index >= 15 is 0 Å². The smallest absolute Gasteiger partial charge is 0.168 e. The Kier molecular flexibility index (Phi) is 5.20. The van der Waals surface area contributed by atoms with E-state index in [4.69, 9.17) is 5.10 Å². The summed E-state index contributed by atoms with van der Waals surface area (Å²) in [5.41, 5.74) is 4.15. The Bertz CT molecular complexity index is 815. The first-order valence-electron chi connectivity index (χ1n) is 8.88. The van der Waals surface area contributed by atoms with Gasteiger partial charge in [-0.15, -0.1) is 10.2 Å². The molecule has 2 atom stereocenters. The van der Waals surface area contributed by atoms with Crippen LogP contribution >= 0.6 is 11.3 Å². The Labute approximate surface area is 153 Å². The largest absolute Gasteiger partial charge is 0.388 e. The monoisotopic (exact) mass is 358 g/mol. The van der Waals surface area contributed by atoms with E-state index in [1.54, 1.807) is 11.3 Å². The van der Waals surface area contributed by atoms with Crippen LogP contribution in [0.4, 0.5) is 0 Å². The normalized spacial score (nSPS) is 20.8. The molecule has 1 N–H and O–H groups in total. The van der Waals surface area contributed by atoms with Gasteiger partial charge in [0.25, 0.3) is 0 Å². The zero-order valence-electron chi connectivity index (χ0n) is 15.5. The number of nitrogens with zero attached hydrogens (tertiary/aromatic N) is 4. The Morgan fingerprint density at radius 3 is 2.64 bits per heavy atom. The van der Waals surface area contributed by atoms with E-state index in [9.17, 15) is 5.11 Å². The average Bonchev–Trinajstić information content (AvgIpc) is 3.18. The van der Waals surface area contributed by atoms with Gasteiger partial charge in [0.05, 0.1) is 6.10 Å². The van der Waals surface area contributed by atoms with Crippen molar-refractivity contribution in [1.82, 2.24) is 20.0 Å². The van der Waals surface area contributed by atoms with Gasteiger partial charge in [0.2, 0.25) is 0 Å². The summed E-state index contributed by atoms with van der Waals surface area (Å²) in [6.07, 6.45) is 4.67. The van der Waals surface area contributed by atoms with Gasteiger partial charge in [0, 0.05) is 23.7 Å². The van der Waals surface area contributed by atoms with Gasteiger partial charge in [-0.3, -0.25) is 4.68 Å². The van der Waals surface area contributed by atoms with Crippen molar-refractivity contribution in [2.24, 2.45) is 11.8 Å². The van der Waals surface area contributed by atoms with Crippen LogP contribution in [0.25, 0.3) is 16.3 Å². The van der Waals surface area contributed by atoms with Crippen molar-refractivity contribution < 1.29 is 5.11 Å². The van der Waals surface area contributed by atoms with Crippen molar-refractivity contribution >= 4 is 16.9 Å². The summed E-state index contributed by atoms with van der Waals surface area (Å²) in [6.45, 7) is 11.4. The molecule has 2 heterocycles. The second kappa shape index (κ2) is 7.22. The second-order valence-electron chi connectivity index (χ2n) is 7.16. The summed E-state index contributed by atoms with van der Waals surface area (Å²) in [5.74, 6) is 0.678. The summed E-state index contributed by atoms with van der Waals surface area (Å²) in [6, 6.07) is 2.14. The van der Waals surface area contributed by atoms with Crippen LogP contribution in [-0.4, -0.2) is 31.2 Å². The third-order valence-electron chi connectivity index (χ3n) is 4.46. The third-order valence-corrected chi connectivity index (χ3v) is 5.46. The summed E-state index contributed by atoms with van der Waals surface area (Å²) in [5, 5.41) is 25.2. The summed E-state index contributed by atoms with van der Waals surface area (Å²) < 4.78 is 2.05. The van der Waals surface area contributed by atoms with E-state index < -0.39 is 6.10 Å². The number of hydrogen-bond donors (Lipinski definition) is 1. The van der Waals surface area contributed by atoms with Gasteiger partial charge < -0.3 is 5.11 Å². The lowest BCUT2D eigenvalue weighted by molar-refractivity contribution is 0.172. The zero-order chi connectivity index (χ0) is 18.1. The topological polar surface area (TPSA) is 63.8 Å². The Morgan fingerprint density at radius 1 is 1.28 bits per heavy atom. The van der Waals surface area contributed by atoms with E-state index in [1.165, 1.54) is 5.69 Å². The van der Waals surface area contributed by atoms with E-state index in [0.29, 0.717) is 5.92 Å². The van der Waals surface area contributed by atoms with Crippen LogP contribution in [0.15, 0.2) is 23.8 Å². The van der Waals surface area contributed by atoms with Crippen molar-refractivity contribution in [2.75, 3.05) is 0 Å². The first kappa shape index (κ1) is 18.0. The fourth-order valence-electron chi connectivity index (χ4n) is 3.16. The minimum absolute atomic E-state index is 0.0873. The molecule has 134 valence electrons. The third kappa shape index (κ3) is 3.75. The van der Waals surface area contributed by atoms with Crippen LogP contribution in [0, 0.1) is 11.8 Å². The number of aryl methyl sites for hydroxylation is 1. The molecule has 25 heavy (non-hydrogen) atoms. The van der Waals surface area contributed by atoms with Crippen molar-refractivity contribution in [1.29, 1.82) is 0 Å². The molecule has 0 spiro atoms. The molecule has 0 fully saturated rings. The molecular formula is C19H26N4OS. The van der Waals surface area contributed by atoms with Crippen LogP contribution < -0.4 is 0 Å². The fraction of sp³-hybridized carbons (Fsp3) is 0.526. The predicted octanol–water partition coefficient (Wildman–Crippen LogP) is 3.96. The minimum atomic E-state index is -0.407. The molecular weight excluding hydrogens is 332 g/mol. The molecule has 2 aromatic heterocycles. The summed E-state index contributed by atoms with van der Waals surface area (Å²) in [7, 11) is 0. The molecule has 5 nitrogen and oxygen atoms in total. The van der Waals surface area contributed by atoms with Gasteiger partial charge in [-0.1, -0.05) is 44.3 Å². The number of allylic oxidation sites excluding steroid dienone is 2. The van der Waals surface area contributed by atoms with Crippen LogP contribution in [0.1, 0.15) is 45.3 Å². The highest BCUT2D eigenvalue weighted by molar-refractivity contribution is 7.15. The maximum atomic E-state index is 10.1. The van der Waals surface area contributed by atoms with E-state index in [-0.39, 0.29) is 5.92 Å². The molecule has 0 aromatic carbocycles. The summed E-state index contributed by atoms with van der Waals surface area (Å²) in [4.78, 5) is 0. The maximum Gasteiger partial charge on any atom is 0.168 e. The minimum Gasteiger partial charge on any atom is -0.388 e. The molecule has 0 amide bonds. The Balaban J connectivity index is 1.90. The SMILES string of the molecule is CCn1nc(-c2nnc(C3=CC(C)C(O)C(C)=C3)s2)cc1CC(C)C. The van der Waals surface area contributed by atoms with Gasteiger partial charge in [0.15, 0.2) is 5.01 Å². The van der Waals surface area contributed by atoms with Crippen LogP contribution in [0.3, 0.4) is 0 Å². The molecule has 3 rings (SSSR count). The molecule has 2 aromatic rings. The first-order chi connectivity index (χ1) is 11.9. The Hall–Kier alpha value is -1.79. The van der Waals surface area contributed by atoms with Crippen LogP contribution in [-0.2, 0) is 13.0 Å². The number of aliphatic hydroxyl groups excluding tert-OH is 1. The van der Waals surface area contributed by atoms with Gasteiger partial charge in [-0.2, -0.15) is 5.10 Å². The lowest BCUT2D eigenvalue weighted by Gasteiger charge is -2.21. The highest BCUT2D eigenvalue weighted by atomic mass is 32.1. The van der Waals surface area contributed by atoms with Gasteiger partial charge in [-0.05, 0) is 37.8 Å². The molecule has 0 saturated carbocycles. The van der Waals surface area contributed by atoms with Crippen molar-refractivity contribution in [3.05, 3.63) is 34.5 Å². The molecule has 0 saturated heterocycles. The molecule has 0 radical (unpaired) electrons. The lowest BCUT2D eigenvalue weighted by Crippen LogP contribution is -2.20. The molecule has 2 unspecified atom stereocenters. The number of aliphatic hydroxyl groups is 1. The van der Waals surface area contributed by atoms with Gasteiger partial charge in [0.1, 0.15) is 10.7 Å². The molecule has 1 aliphatic carbocycles. The van der Waals surface area contributed by atoms with E-state index in [1.807, 2.05) is 19.9 Å². The van der Waals surface area contributed by atoms with E-state index in [2.05, 4.69) is 47.8 Å². The van der Waals surface area contributed by atoms with Crippen molar-refractivity contribution in [2.45, 2.75) is 53.7 Å². The lowest BCUT2D eigenvalue weighted by atomic mass is 9.90. The van der Waals surface area contributed by atoms with Crippen LogP contribution in [0.2, 0.25) is 0 Å². The first-order valence-corrected chi connectivity index (χ1v) is 9.69. The maximum absolute atomic E-state index is 10.1. The fourth-order valence-corrected chi connectivity index (χ4v) is 3.96. The molecule has 0 bridgehead atoms. The molecule has 1 aliphatic rings. The second-order valence-corrected chi connectivity index (χ2v) is 8.14. The Morgan fingerprint density at radius 2 is 2.00 bits per heavy atom. The quantitative estimate of drug-likeness (QED) is 0.879. The number of aromatic nitrogens is 4. The highest BCUT2D eigenvalue weighted by Crippen LogP contribution is 2.33. The average molecular weight is 359 g/mol. The van der Waals surface area contributed by atoms with Crippen LogP contribution in [0.5, 0.6) is 0 Å². The summed E-state index contributed by atoms with van der Waals surface area (Å²) >= 11 is 1.56. The standard InChI is InChI=1S/C19H26N4OS/c1-6-23-15(7-11(2)3)10-16(22-23)19-21-20-18(25-19)14-8-12(4)17(24)13(5)9-14/h8-12,17,24H,6-7H2,1-5H3. The van der Waals surface area contributed by atoms with Gasteiger partial charge >= 0.3 is 0 Å². The number of hydrogen-bond acceptors (Lipinski definition) is 5. The van der Waals surface area contributed by atoms with E-state index in [0.717, 1.165) is 39.8 Å². The molecule has 6 heteroatoms. The van der Waals surface area contributed by atoms with Crippen molar-refractivity contribution in [3.8, 4) is 10.7 Å². The van der Waals surface area contributed by atoms with Gasteiger partial charge in [-0.25, -0.2) is 0 Å². The highest BCUT2D eigenvalue weighted by Gasteiger charge is 2.22. The zero-order valence-corrected chi connectivity index (χ0v) is 16.3. The molecule has 0 aliphatic heterocycles. The van der Waals surface area contributed by atoms with Crippen molar-refractivity contribution in [3.63, 3.8) is 0 Å².